The molecule has 2 aliphatic heterocycles. The van der Waals surface area contributed by atoms with E-state index in [1.54, 1.807) is 97.1 Å². The van der Waals surface area contributed by atoms with E-state index in [1.807, 2.05) is 88.4 Å². The number of fused-ring (bicyclic) bond motifs is 4. The second-order valence-electron chi connectivity index (χ2n) is 21.5. The first kappa shape index (κ1) is 60.5. The van der Waals surface area contributed by atoms with Gasteiger partial charge in [-0.1, -0.05) is 107 Å². The minimum atomic E-state index is -3.96. The first-order chi connectivity index (χ1) is 39.2. The molecule has 7 aromatic rings. The highest BCUT2D eigenvalue weighted by Crippen LogP contribution is 2.24. The fourth-order valence-corrected chi connectivity index (χ4v) is 16.0. The van der Waals surface area contributed by atoms with Crippen LogP contribution in [0.1, 0.15) is 56.2 Å². The summed E-state index contributed by atoms with van der Waals surface area (Å²) in [5.41, 5.74) is 8.43. The number of hydrogen-bond donors (Lipinski definition) is 0. The largest absolute Gasteiger partial charge is 0.296 e. The van der Waals surface area contributed by atoms with Gasteiger partial charge in [0.25, 0.3) is 0 Å². The molecule has 0 aliphatic carbocycles. The molecule has 0 radical (unpaired) electrons. The molecular formula is C62H74N8O8S4. The van der Waals surface area contributed by atoms with Gasteiger partial charge in [0.1, 0.15) is 0 Å². The van der Waals surface area contributed by atoms with Crippen LogP contribution in [-0.4, -0.2) is 149 Å². The number of sulfonamides is 4. The Morgan fingerprint density at radius 2 is 0.512 bits per heavy atom. The fraction of sp³-hybridized carbons (Fsp3) is 0.355. The van der Waals surface area contributed by atoms with Gasteiger partial charge in [0.05, 0.1) is 19.6 Å². The van der Waals surface area contributed by atoms with Gasteiger partial charge in [-0.25, -0.2) is 33.7 Å². The molecule has 0 fully saturated rings. The van der Waals surface area contributed by atoms with Crippen LogP contribution in [0.3, 0.4) is 0 Å². The van der Waals surface area contributed by atoms with E-state index >= 15 is 0 Å². The molecule has 0 unspecified atom stereocenters. The molecule has 5 aromatic carbocycles. The number of pyridine rings is 2. The maximum atomic E-state index is 14.5. The number of hydrogen-bond acceptors (Lipinski definition) is 12. The minimum absolute atomic E-state index is 0.128. The van der Waals surface area contributed by atoms with Crippen molar-refractivity contribution in [1.29, 1.82) is 0 Å². The maximum Gasteiger partial charge on any atom is 0.243 e. The Balaban J connectivity index is 1.00. The van der Waals surface area contributed by atoms with Crippen molar-refractivity contribution in [2.75, 3.05) is 78.5 Å². The molecule has 2 aromatic heterocycles. The summed E-state index contributed by atoms with van der Waals surface area (Å²) in [4.78, 5) is 14.7. The molecule has 4 bridgehead atoms. The van der Waals surface area contributed by atoms with E-state index in [2.05, 4.69) is 9.80 Å². The van der Waals surface area contributed by atoms with Gasteiger partial charge in [-0.3, -0.25) is 19.8 Å². The van der Waals surface area contributed by atoms with Crippen molar-refractivity contribution >= 4 is 40.1 Å². The Labute approximate surface area is 486 Å². The molecule has 4 heterocycles. The Kier molecular flexibility index (Phi) is 19.7. The van der Waals surface area contributed by atoms with Gasteiger partial charge < -0.3 is 0 Å². The Hall–Kier alpha value is -6.04. The van der Waals surface area contributed by atoms with Crippen molar-refractivity contribution in [3.63, 3.8) is 0 Å². The molecule has 82 heavy (non-hydrogen) atoms. The van der Waals surface area contributed by atoms with Crippen molar-refractivity contribution in [2.45, 2.75) is 86.0 Å². The molecule has 0 spiro atoms. The lowest BCUT2D eigenvalue weighted by Gasteiger charge is -2.31. The van der Waals surface area contributed by atoms with Crippen LogP contribution in [0.2, 0.25) is 0 Å². The molecular weight excluding hydrogens is 1110 g/mol. The van der Waals surface area contributed by atoms with Crippen molar-refractivity contribution in [3.8, 4) is 0 Å². The summed E-state index contributed by atoms with van der Waals surface area (Å²) < 4.78 is 122. The van der Waals surface area contributed by atoms with E-state index in [0.717, 1.165) is 33.4 Å². The molecule has 0 atom stereocenters. The summed E-state index contributed by atoms with van der Waals surface area (Å²) in [5, 5.41) is 0. The minimum Gasteiger partial charge on any atom is -0.296 e. The zero-order chi connectivity index (χ0) is 58.1. The fourth-order valence-electron chi connectivity index (χ4n) is 10.2. The topological polar surface area (TPSA) is 182 Å². The highest BCUT2D eigenvalue weighted by molar-refractivity contribution is 7.90. The number of nitrogens with zero attached hydrogens (tertiary/aromatic N) is 8. The summed E-state index contributed by atoms with van der Waals surface area (Å²) in [6, 6.07) is 46.6. The number of benzene rings is 5. The van der Waals surface area contributed by atoms with E-state index < -0.39 is 40.1 Å². The van der Waals surface area contributed by atoms with Crippen LogP contribution < -0.4 is 0 Å². The normalized spacial score (nSPS) is 17.4. The summed E-state index contributed by atoms with van der Waals surface area (Å²) >= 11 is 0. The highest BCUT2D eigenvalue weighted by Gasteiger charge is 2.31. The summed E-state index contributed by atoms with van der Waals surface area (Å²) in [6.07, 6.45) is 1.43. The lowest BCUT2D eigenvalue weighted by Crippen LogP contribution is -2.44. The lowest BCUT2D eigenvalue weighted by atomic mass is 10.1. The Morgan fingerprint density at radius 1 is 0.293 bits per heavy atom. The highest BCUT2D eigenvalue weighted by atomic mass is 32.2. The molecule has 16 nitrogen and oxygen atoms in total. The number of rotatable bonds is 12. The Morgan fingerprint density at radius 3 is 0.732 bits per heavy atom. The molecule has 2 aliphatic rings. The second kappa shape index (κ2) is 26.7. The Bertz CT molecular complexity index is 3280. The van der Waals surface area contributed by atoms with Crippen LogP contribution in [0.4, 0.5) is 0 Å². The van der Waals surface area contributed by atoms with Gasteiger partial charge in [-0.2, -0.15) is 17.2 Å². The van der Waals surface area contributed by atoms with E-state index in [9.17, 15) is 33.7 Å². The first-order valence-corrected chi connectivity index (χ1v) is 33.7. The molecule has 0 saturated heterocycles. The smallest absolute Gasteiger partial charge is 0.243 e. The molecule has 20 heteroatoms. The monoisotopic (exact) mass is 1190 g/mol. The van der Waals surface area contributed by atoms with E-state index in [1.165, 1.54) is 17.2 Å². The van der Waals surface area contributed by atoms with Gasteiger partial charge in [0, 0.05) is 140 Å². The molecule has 0 saturated carbocycles. The summed E-state index contributed by atoms with van der Waals surface area (Å²) in [5.74, 6) is 0. The maximum absolute atomic E-state index is 14.5. The third kappa shape index (κ3) is 15.4. The van der Waals surface area contributed by atoms with Crippen molar-refractivity contribution in [1.82, 2.24) is 37.0 Å². The van der Waals surface area contributed by atoms with Gasteiger partial charge >= 0.3 is 0 Å². The zero-order valence-electron chi connectivity index (χ0n) is 47.2. The first-order valence-electron chi connectivity index (χ1n) is 27.9. The van der Waals surface area contributed by atoms with Crippen LogP contribution in [0.25, 0.3) is 0 Å². The van der Waals surface area contributed by atoms with Crippen LogP contribution in [-0.2, 0) is 78.9 Å². The number of aryl methyl sites for hydroxylation is 4. The van der Waals surface area contributed by atoms with Crippen molar-refractivity contribution in [2.24, 2.45) is 0 Å². The van der Waals surface area contributed by atoms with Crippen LogP contribution in [0.15, 0.2) is 177 Å². The van der Waals surface area contributed by atoms with Gasteiger partial charge in [-0.05, 0) is 112 Å². The predicted molar refractivity (Wildman–Crippen MR) is 320 cm³/mol. The summed E-state index contributed by atoms with van der Waals surface area (Å²) in [7, 11) is -15.8. The molecule has 434 valence electrons. The number of aromatic nitrogens is 2. The van der Waals surface area contributed by atoms with Crippen LogP contribution in [0, 0.1) is 27.7 Å². The average Bonchev–Trinajstić information content (AvgIpc) is 3.67. The zero-order valence-corrected chi connectivity index (χ0v) is 50.5. The predicted octanol–water partition coefficient (Wildman–Crippen LogP) is 7.68. The molecule has 9 rings (SSSR count). The van der Waals surface area contributed by atoms with Gasteiger partial charge in [0.15, 0.2) is 0 Å². The van der Waals surface area contributed by atoms with Gasteiger partial charge in [-0.15, -0.1) is 0 Å². The van der Waals surface area contributed by atoms with E-state index in [0.29, 0.717) is 61.5 Å². The standard InChI is InChI=1S/C62H74N8O8S4/c1-49-11-23-59(24-12-49)79(71,72)67-35-31-55-7-5-8-56(63-55)32-36-68(80(73,74)60-25-13-50(2)14-26-60)44-40-65(39-43-67)47-53-19-21-54(22-20-53)48-66-41-45-69(81(75,76)61-27-15-51(3)16-28-61)37-33-57-9-6-10-58(64-57)34-38-70(46-42-66)82(77,78)62-29-17-52(4)18-30-62/h5-30H,31-48H2,1-4H3. The third-order valence-electron chi connectivity index (χ3n) is 15.3. The SMILES string of the molecule is Cc1ccc(S(=O)(=O)N2CCc3cccc(n3)CCN(S(=O)(=O)c3ccc(C)cc3)CCN(Cc3ccc(CN4CCN(S(=O)(=O)c5ccc(C)cc5)CCc5cccc(n5)CCN(S(=O)(=O)c5ccc(C)cc5)CC4)cc3)CC2)cc1. The molecule has 0 amide bonds. The van der Waals surface area contributed by atoms with Crippen LogP contribution in [0.5, 0.6) is 0 Å². The molecule has 0 N–H and O–H groups in total. The average molecular weight is 1190 g/mol. The van der Waals surface area contributed by atoms with Crippen molar-refractivity contribution in [3.05, 3.63) is 214 Å². The van der Waals surface area contributed by atoms with Gasteiger partial charge in [0.2, 0.25) is 40.1 Å². The van der Waals surface area contributed by atoms with Crippen molar-refractivity contribution < 1.29 is 33.7 Å². The van der Waals surface area contributed by atoms with E-state index in [-0.39, 0.29) is 98.1 Å². The van der Waals surface area contributed by atoms with Crippen LogP contribution >= 0.6 is 0 Å². The second-order valence-corrected chi connectivity index (χ2v) is 29.2. The van der Waals surface area contributed by atoms with E-state index in [4.69, 9.17) is 9.97 Å². The quantitative estimate of drug-likeness (QED) is 0.117. The lowest BCUT2D eigenvalue weighted by molar-refractivity contribution is 0.222. The summed E-state index contributed by atoms with van der Waals surface area (Å²) in [6.45, 7) is 10.8. The third-order valence-corrected chi connectivity index (χ3v) is 23.0.